The van der Waals surface area contributed by atoms with Crippen LogP contribution in [0.4, 0.5) is 5.69 Å². The molecule has 0 aliphatic carbocycles. The third kappa shape index (κ3) is 2.96. The van der Waals surface area contributed by atoms with Crippen LogP contribution < -0.4 is 10.1 Å². The lowest BCUT2D eigenvalue weighted by Gasteiger charge is -2.11. The van der Waals surface area contributed by atoms with Gasteiger partial charge in [0.2, 0.25) is 5.91 Å². The molecule has 0 atom stereocenters. The molecule has 0 aliphatic heterocycles. The maximum absolute atomic E-state index is 11.5. The summed E-state index contributed by atoms with van der Waals surface area (Å²) >= 11 is 0. The lowest BCUT2D eigenvalue weighted by Crippen LogP contribution is -2.10. The number of amides is 1. The van der Waals surface area contributed by atoms with Crippen LogP contribution in [0.2, 0.25) is 0 Å². The molecule has 1 amide bonds. The fourth-order valence-corrected chi connectivity index (χ4v) is 1.90. The number of carbonyl (C=O) groups is 2. The molecule has 0 unspecified atom stereocenters. The molecular formula is C16H17NO3. The van der Waals surface area contributed by atoms with E-state index < -0.39 is 0 Å². The fourth-order valence-electron chi connectivity index (χ4n) is 1.90. The highest BCUT2D eigenvalue weighted by molar-refractivity contribution is 6.04. The fraction of sp³-hybridized carbons (Fsp3) is 0.250. The van der Waals surface area contributed by atoms with E-state index in [0.29, 0.717) is 18.6 Å². The maximum Gasteiger partial charge on any atom is 0.310 e. The monoisotopic (exact) mass is 271 g/mol. The van der Waals surface area contributed by atoms with Crippen molar-refractivity contribution in [2.45, 2.75) is 26.7 Å². The highest BCUT2D eigenvalue weighted by atomic mass is 16.5. The minimum atomic E-state index is -0.277. The van der Waals surface area contributed by atoms with Gasteiger partial charge in [0.15, 0.2) is 0 Å². The van der Waals surface area contributed by atoms with Crippen molar-refractivity contribution in [3.8, 4) is 5.75 Å². The number of anilines is 1. The molecule has 0 radical (unpaired) electrons. The standard InChI is InChI=1S/C16H17NO3/c1-3-15(18)17-13-9-10-14(20-16(19)4-2)12-8-6-5-7-11(12)13/h5-10H,3-4H2,1-2H3,(H,17,18). The van der Waals surface area contributed by atoms with Crippen LogP contribution in [-0.4, -0.2) is 11.9 Å². The number of benzene rings is 2. The van der Waals surface area contributed by atoms with Crippen LogP contribution >= 0.6 is 0 Å². The molecule has 1 N–H and O–H groups in total. The van der Waals surface area contributed by atoms with E-state index in [1.807, 2.05) is 24.3 Å². The number of carbonyl (C=O) groups excluding carboxylic acids is 2. The molecule has 0 saturated carbocycles. The normalized spacial score (nSPS) is 10.3. The van der Waals surface area contributed by atoms with E-state index in [2.05, 4.69) is 5.32 Å². The molecular weight excluding hydrogens is 254 g/mol. The van der Waals surface area contributed by atoms with Gasteiger partial charge in [-0.25, -0.2) is 0 Å². The second kappa shape index (κ2) is 6.19. The van der Waals surface area contributed by atoms with Crippen molar-refractivity contribution in [2.24, 2.45) is 0 Å². The van der Waals surface area contributed by atoms with Crippen LogP contribution in [-0.2, 0) is 9.59 Å². The second-order valence-corrected chi connectivity index (χ2v) is 4.39. The quantitative estimate of drug-likeness (QED) is 0.684. The van der Waals surface area contributed by atoms with Crippen LogP contribution in [0, 0.1) is 0 Å². The van der Waals surface area contributed by atoms with Crippen molar-refractivity contribution in [1.82, 2.24) is 0 Å². The summed E-state index contributed by atoms with van der Waals surface area (Å²) in [5.41, 5.74) is 0.726. The summed E-state index contributed by atoms with van der Waals surface area (Å²) in [4.78, 5) is 23.0. The maximum atomic E-state index is 11.5. The van der Waals surface area contributed by atoms with Crippen molar-refractivity contribution in [2.75, 3.05) is 5.32 Å². The van der Waals surface area contributed by atoms with Gasteiger partial charge < -0.3 is 10.1 Å². The first-order chi connectivity index (χ1) is 9.65. The summed E-state index contributed by atoms with van der Waals surface area (Å²) in [5, 5.41) is 4.52. The van der Waals surface area contributed by atoms with E-state index in [4.69, 9.17) is 4.74 Å². The van der Waals surface area contributed by atoms with Gasteiger partial charge in [0.1, 0.15) is 5.75 Å². The Hall–Kier alpha value is -2.36. The zero-order valence-electron chi connectivity index (χ0n) is 11.6. The average Bonchev–Trinajstić information content (AvgIpc) is 2.49. The van der Waals surface area contributed by atoms with Gasteiger partial charge in [-0.2, -0.15) is 0 Å². The van der Waals surface area contributed by atoms with Gasteiger partial charge >= 0.3 is 5.97 Å². The number of ether oxygens (including phenoxy) is 1. The lowest BCUT2D eigenvalue weighted by atomic mass is 10.1. The Morgan fingerprint density at radius 2 is 1.70 bits per heavy atom. The summed E-state index contributed by atoms with van der Waals surface area (Å²) in [5.74, 6) is 0.191. The highest BCUT2D eigenvalue weighted by Crippen LogP contribution is 2.31. The predicted molar refractivity (Wildman–Crippen MR) is 78.8 cm³/mol. The number of esters is 1. The van der Waals surface area contributed by atoms with Gasteiger partial charge in [-0.1, -0.05) is 38.1 Å². The molecule has 104 valence electrons. The Kier molecular flexibility index (Phi) is 4.35. The molecule has 0 heterocycles. The Morgan fingerprint density at radius 1 is 1.00 bits per heavy atom. The number of rotatable bonds is 4. The van der Waals surface area contributed by atoms with Crippen LogP contribution in [0.25, 0.3) is 10.8 Å². The van der Waals surface area contributed by atoms with Crippen molar-refractivity contribution < 1.29 is 14.3 Å². The van der Waals surface area contributed by atoms with Gasteiger partial charge in [-0.05, 0) is 12.1 Å². The number of fused-ring (bicyclic) bond motifs is 1. The molecule has 2 aromatic rings. The smallest absolute Gasteiger partial charge is 0.310 e. The van der Waals surface area contributed by atoms with Crippen LogP contribution in [0.1, 0.15) is 26.7 Å². The first-order valence-electron chi connectivity index (χ1n) is 6.68. The summed E-state index contributed by atoms with van der Waals surface area (Å²) in [6.45, 7) is 3.55. The molecule has 0 saturated heterocycles. The zero-order chi connectivity index (χ0) is 14.5. The molecule has 4 heteroatoms. The first-order valence-corrected chi connectivity index (χ1v) is 6.68. The Balaban J connectivity index is 2.46. The summed E-state index contributed by atoms with van der Waals surface area (Å²) in [6.07, 6.45) is 0.740. The minimum Gasteiger partial charge on any atom is -0.426 e. The number of nitrogens with one attached hydrogen (secondary N) is 1. The van der Waals surface area contributed by atoms with Gasteiger partial charge in [0.25, 0.3) is 0 Å². The van der Waals surface area contributed by atoms with Gasteiger partial charge in [-0.15, -0.1) is 0 Å². The van der Waals surface area contributed by atoms with E-state index in [-0.39, 0.29) is 11.9 Å². The van der Waals surface area contributed by atoms with Crippen LogP contribution in [0.5, 0.6) is 5.75 Å². The average molecular weight is 271 g/mol. The van der Waals surface area contributed by atoms with Gasteiger partial charge in [-0.3, -0.25) is 9.59 Å². The highest BCUT2D eigenvalue weighted by Gasteiger charge is 2.10. The topological polar surface area (TPSA) is 55.4 Å². The molecule has 0 fully saturated rings. The third-order valence-electron chi connectivity index (χ3n) is 2.99. The molecule has 20 heavy (non-hydrogen) atoms. The minimum absolute atomic E-state index is 0.0477. The van der Waals surface area contributed by atoms with Crippen molar-refractivity contribution >= 4 is 28.3 Å². The number of hydrogen-bond donors (Lipinski definition) is 1. The van der Waals surface area contributed by atoms with E-state index in [1.165, 1.54) is 0 Å². The largest absolute Gasteiger partial charge is 0.426 e. The SMILES string of the molecule is CCC(=O)Nc1ccc(OC(=O)CC)c2ccccc12. The molecule has 4 nitrogen and oxygen atoms in total. The Morgan fingerprint density at radius 3 is 2.35 bits per heavy atom. The molecule has 0 aliphatic rings. The molecule has 2 aromatic carbocycles. The van der Waals surface area contributed by atoms with Crippen molar-refractivity contribution in [1.29, 1.82) is 0 Å². The van der Waals surface area contributed by atoms with Crippen molar-refractivity contribution in [3.05, 3.63) is 36.4 Å². The summed E-state index contributed by atoms with van der Waals surface area (Å²) < 4.78 is 5.31. The van der Waals surface area contributed by atoms with Crippen LogP contribution in [0.3, 0.4) is 0 Å². The van der Waals surface area contributed by atoms with E-state index in [0.717, 1.165) is 16.5 Å². The summed E-state index contributed by atoms with van der Waals surface area (Å²) in [7, 11) is 0. The Bertz CT molecular complexity index is 593. The van der Waals surface area contributed by atoms with Gasteiger partial charge in [0, 0.05) is 29.3 Å². The van der Waals surface area contributed by atoms with Crippen LogP contribution in [0.15, 0.2) is 36.4 Å². The van der Waals surface area contributed by atoms with E-state index in [1.54, 1.807) is 26.0 Å². The molecule has 0 bridgehead atoms. The second-order valence-electron chi connectivity index (χ2n) is 4.39. The zero-order valence-corrected chi connectivity index (χ0v) is 11.6. The van der Waals surface area contributed by atoms with Crippen molar-refractivity contribution in [3.63, 3.8) is 0 Å². The van der Waals surface area contributed by atoms with Gasteiger partial charge in [0.05, 0.1) is 0 Å². The molecule has 0 aromatic heterocycles. The third-order valence-corrected chi connectivity index (χ3v) is 2.99. The Labute approximate surface area is 117 Å². The molecule has 0 spiro atoms. The molecule has 2 rings (SSSR count). The summed E-state index contributed by atoms with van der Waals surface area (Å²) in [6, 6.07) is 11.0. The lowest BCUT2D eigenvalue weighted by molar-refractivity contribution is -0.133. The van der Waals surface area contributed by atoms with E-state index in [9.17, 15) is 9.59 Å². The number of hydrogen-bond acceptors (Lipinski definition) is 3. The predicted octanol–water partition coefficient (Wildman–Crippen LogP) is 3.50. The first kappa shape index (κ1) is 14.1. The van der Waals surface area contributed by atoms with E-state index >= 15 is 0 Å².